The third-order valence-corrected chi connectivity index (χ3v) is 3.75. The van der Waals surface area contributed by atoms with Gasteiger partial charge in [-0.3, -0.25) is 5.10 Å². The smallest absolute Gasteiger partial charge is 0.244 e. The number of ether oxygens (including phenoxy) is 1. The first-order valence-electron chi connectivity index (χ1n) is 6.55. The molecular weight excluding hydrogens is 230 g/mol. The van der Waals surface area contributed by atoms with E-state index in [2.05, 4.69) is 39.2 Å². The number of H-pyrrole nitrogens is 1. The third kappa shape index (κ3) is 2.49. The fourth-order valence-electron chi connectivity index (χ4n) is 2.15. The summed E-state index contributed by atoms with van der Waals surface area (Å²) in [5.41, 5.74) is -0.384. The second-order valence-corrected chi connectivity index (χ2v) is 5.07. The maximum absolute atomic E-state index is 5.53. The van der Waals surface area contributed by atoms with E-state index in [0.29, 0.717) is 6.04 Å². The van der Waals surface area contributed by atoms with Gasteiger partial charge in [-0.2, -0.15) is 4.98 Å². The van der Waals surface area contributed by atoms with Gasteiger partial charge < -0.3 is 15.0 Å². The highest BCUT2D eigenvalue weighted by Crippen LogP contribution is 2.26. The van der Waals surface area contributed by atoms with Crippen LogP contribution in [0.4, 0.5) is 5.95 Å². The van der Waals surface area contributed by atoms with Gasteiger partial charge >= 0.3 is 0 Å². The Morgan fingerprint density at radius 1 is 1.56 bits per heavy atom. The Morgan fingerprint density at radius 3 is 2.94 bits per heavy atom. The van der Waals surface area contributed by atoms with Gasteiger partial charge in [-0.15, -0.1) is 5.10 Å². The standard InChI is InChI=1S/C12H23N5O/c1-5-12(3,18-4)10-14-11(16-15-10)17-7-6-13-9(2)8-17/h9,13H,5-8H2,1-4H3,(H,14,15,16)/t9-,12?/m1/s1. The molecule has 0 aromatic carbocycles. The van der Waals surface area contributed by atoms with Crippen LogP contribution in [0.5, 0.6) is 0 Å². The molecule has 1 aliphatic rings. The summed E-state index contributed by atoms with van der Waals surface area (Å²) < 4.78 is 5.53. The maximum atomic E-state index is 5.53. The monoisotopic (exact) mass is 253 g/mol. The van der Waals surface area contributed by atoms with E-state index in [1.807, 2.05) is 6.92 Å². The van der Waals surface area contributed by atoms with Crippen LogP contribution in [0.1, 0.15) is 33.0 Å². The summed E-state index contributed by atoms with van der Waals surface area (Å²) in [5, 5.41) is 10.7. The van der Waals surface area contributed by atoms with Crippen LogP contribution in [0.2, 0.25) is 0 Å². The van der Waals surface area contributed by atoms with Gasteiger partial charge in [0, 0.05) is 32.8 Å². The molecule has 1 aromatic rings. The van der Waals surface area contributed by atoms with Crippen molar-refractivity contribution in [2.24, 2.45) is 0 Å². The molecule has 2 N–H and O–H groups in total. The number of rotatable bonds is 4. The lowest BCUT2D eigenvalue weighted by atomic mass is 10.0. The van der Waals surface area contributed by atoms with Crippen molar-refractivity contribution in [1.29, 1.82) is 0 Å². The molecule has 0 radical (unpaired) electrons. The van der Waals surface area contributed by atoms with E-state index in [1.54, 1.807) is 7.11 Å². The first-order chi connectivity index (χ1) is 8.59. The first kappa shape index (κ1) is 13.3. The first-order valence-corrected chi connectivity index (χ1v) is 6.55. The van der Waals surface area contributed by atoms with E-state index in [4.69, 9.17) is 4.74 Å². The lowest BCUT2D eigenvalue weighted by Gasteiger charge is -2.31. The minimum absolute atomic E-state index is 0.384. The van der Waals surface area contributed by atoms with Gasteiger partial charge in [0.2, 0.25) is 5.95 Å². The van der Waals surface area contributed by atoms with Crippen molar-refractivity contribution in [2.75, 3.05) is 31.6 Å². The molecular formula is C12H23N5O. The van der Waals surface area contributed by atoms with Gasteiger partial charge in [0.1, 0.15) is 5.60 Å². The summed E-state index contributed by atoms with van der Waals surface area (Å²) in [6, 6.07) is 0.473. The van der Waals surface area contributed by atoms with E-state index in [-0.39, 0.29) is 5.60 Å². The maximum Gasteiger partial charge on any atom is 0.244 e. The van der Waals surface area contributed by atoms with Crippen LogP contribution in [-0.4, -0.2) is 48.0 Å². The summed E-state index contributed by atoms with van der Waals surface area (Å²) in [5.74, 6) is 1.57. The quantitative estimate of drug-likeness (QED) is 0.833. The largest absolute Gasteiger partial charge is 0.371 e. The van der Waals surface area contributed by atoms with Crippen LogP contribution < -0.4 is 10.2 Å². The molecule has 102 valence electrons. The fourth-order valence-corrected chi connectivity index (χ4v) is 2.15. The van der Waals surface area contributed by atoms with Crippen molar-refractivity contribution in [3.05, 3.63) is 5.82 Å². The molecule has 0 bridgehead atoms. The van der Waals surface area contributed by atoms with Crippen molar-refractivity contribution in [3.63, 3.8) is 0 Å². The number of nitrogens with one attached hydrogen (secondary N) is 2. The van der Waals surface area contributed by atoms with Crippen molar-refractivity contribution in [1.82, 2.24) is 20.5 Å². The zero-order valence-corrected chi connectivity index (χ0v) is 11.7. The average molecular weight is 253 g/mol. The number of piperazine rings is 1. The normalized spacial score (nSPS) is 24.0. The predicted molar refractivity (Wildman–Crippen MR) is 70.7 cm³/mol. The van der Waals surface area contributed by atoms with Crippen LogP contribution in [-0.2, 0) is 10.3 Å². The van der Waals surface area contributed by atoms with E-state index in [9.17, 15) is 0 Å². The van der Waals surface area contributed by atoms with E-state index < -0.39 is 0 Å². The lowest BCUT2D eigenvalue weighted by molar-refractivity contribution is -0.00864. The van der Waals surface area contributed by atoms with Gasteiger partial charge in [-0.1, -0.05) is 6.92 Å². The number of methoxy groups -OCH3 is 1. The summed E-state index contributed by atoms with van der Waals surface area (Å²) in [4.78, 5) is 6.79. The highest BCUT2D eigenvalue weighted by atomic mass is 16.5. The Kier molecular flexibility index (Phi) is 3.87. The summed E-state index contributed by atoms with van der Waals surface area (Å²) in [6.07, 6.45) is 0.857. The molecule has 1 unspecified atom stereocenters. The molecule has 2 heterocycles. The fraction of sp³-hybridized carbons (Fsp3) is 0.833. The number of hydrogen-bond donors (Lipinski definition) is 2. The SMILES string of the molecule is CCC(C)(OC)c1nc(N2CCN[C@H](C)C2)n[nH]1. The van der Waals surface area contributed by atoms with Gasteiger partial charge in [-0.25, -0.2) is 0 Å². The van der Waals surface area contributed by atoms with Gasteiger partial charge in [-0.05, 0) is 20.3 Å². The minimum Gasteiger partial charge on any atom is -0.371 e. The third-order valence-electron chi connectivity index (χ3n) is 3.75. The second-order valence-electron chi connectivity index (χ2n) is 5.07. The number of nitrogens with zero attached hydrogens (tertiary/aromatic N) is 3. The molecule has 0 aliphatic carbocycles. The van der Waals surface area contributed by atoms with Crippen LogP contribution >= 0.6 is 0 Å². The predicted octanol–water partition coefficient (Wildman–Crippen LogP) is 0.874. The molecule has 6 heteroatoms. The van der Waals surface area contributed by atoms with Gasteiger partial charge in [0.15, 0.2) is 5.82 Å². The highest BCUT2D eigenvalue weighted by molar-refractivity contribution is 5.31. The van der Waals surface area contributed by atoms with Crippen LogP contribution in [0.15, 0.2) is 0 Å². The summed E-state index contributed by atoms with van der Waals surface area (Å²) >= 11 is 0. The molecule has 0 spiro atoms. The Bertz CT molecular complexity index is 388. The van der Waals surface area contributed by atoms with Crippen molar-refractivity contribution in [2.45, 2.75) is 38.8 Å². The number of anilines is 1. The molecule has 1 aliphatic heterocycles. The molecule has 1 saturated heterocycles. The van der Waals surface area contributed by atoms with Crippen LogP contribution in [0, 0.1) is 0 Å². The molecule has 2 rings (SSSR count). The van der Waals surface area contributed by atoms with E-state index in [0.717, 1.165) is 37.8 Å². The van der Waals surface area contributed by atoms with E-state index >= 15 is 0 Å². The average Bonchev–Trinajstić information content (AvgIpc) is 2.88. The Balaban J connectivity index is 2.14. The van der Waals surface area contributed by atoms with Crippen LogP contribution in [0.3, 0.4) is 0 Å². The molecule has 1 fully saturated rings. The number of aromatic amines is 1. The van der Waals surface area contributed by atoms with Gasteiger partial charge in [0.25, 0.3) is 0 Å². The van der Waals surface area contributed by atoms with E-state index in [1.165, 1.54) is 0 Å². The Hall–Kier alpha value is -1.14. The molecule has 1 aromatic heterocycles. The minimum atomic E-state index is -0.384. The van der Waals surface area contributed by atoms with Gasteiger partial charge in [0.05, 0.1) is 0 Å². The topological polar surface area (TPSA) is 66.1 Å². The molecule has 2 atom stereocenters. The second kappa shape index (κ2) is 5.24. The van der Waals surface area contributed by atoms with Crippen molar-refractivity contribution >= 4 is 5.95 Å². The van der Waals surface area contributed by atoms with Crippen molar-refractivity contribution in [3.8, 4) is 0 Å². The highest BCUT2D eigenvalue weighted by Gasteiger charge is 2.29. The lowest BCUT2D eigenvalue weighted by Crippen LogP contribution is -2.49. The molecule has 0 amide bonds. The van der Waals surface area contributed by atoms with Crippen molar-refractivity contribution < 1.29 is 4.74 Å². The molecule has 18 heavy (non-hydrogen) atoms. The molecule has 0 saturated carbocycles. The van der Waals surface area contributed by atoms with Crippen LogP contribution in [0.25, 0.3) is 0 Å². The molecule has 6 nitrogen and oxygen atoms in total. The Labute approximate surface area is 108 Å². The Morgan fingerprint density at radius 2 is 2.33 bits per heavy atom. The number of aromatic nitrogens is 3. The summed E-state index contributed by atoms with van der Waals surface area (Å²) in [7, 11) is 1.71. The summed E-state index contributed by atoms with van der Waals surface area (Å²) in [6.45, 7) is 9.13. The number of hydrogen-bond acceptors (Lipinski definition) is 5. The zero-order valence-electron chi connectivity index (χ0n) is 11.7. The zero-order chi connectivity index (χ0) is 13.2.